The number of amides is 1. The zero-order valence-corrected chi connectivity index (χ0v) is 15.3. The minimum atomic E-state index is -0.0782. The summed E-state index contributed by atoms with van der Waals surface area (Å²) < 4.78 is 0. The Morgan fingerprint density at radius 1 is 0.958 bits per heavy atom. The van der Waals surface area contributed by atoms with Gasteiger partial charge in [0, 0.05) is 17.9 Å². The van der Waals surface area contributed by atoms with Gasteiger partial charge in [-0.2, -0.15) is 0 Å². The predicted molar refractivity (Wildman–Crippen MR) is 101 cm³/mol. The van der Waals surface area contributed by atoms with E-state index in [2.05, 4.69) is 57.3 Å². The second-order valence-corrected chi connectivity index (χ2v) is 7.51. The Morgan fingerprint density at radius 3 is 2.04 bits per heavy atom. The van der Waals surface area contributed by atoms with Crippen molar-refractivity contribution in [2.75, 3.05) is 6.54 Å². The summed E-state index contributed by atoms with van der Waals surface area (Å²) in [6.07, 6.45) is 0.788. The Balaban J connectivity index is 2.00. The topological polar surface area (TPSA) is 29.1 Å². The highest BCUT2D eigenvalue weighted by Gasteiger charge is 2.26. The van der Waals surface area contributed by atoms with E-state index >= 15 is 0 Å². The molecular formula is C22H29NO. The molecular weight excluding hydrogens is 294 g/mol. The lowest BCUT2D eigenvalue weighted by molar-refractivity contribution is -0.126. The number of nitrogens with one attached hydrogen (secondary N) is 1. The van der Waals surface area contributed by atoms with Crippen LogP contribution in [0.5, 0.6) is 0 Å². The van der Waals surface area contributed by atoms with Gasteiger partial charge in [-0.3, -0.25) is 4.79 Å². The van der Waals surface area contributed by atoms with Crippen LogP contribution in [0.25, 0.3) is 0 Å². The van der Waals surface area contributed by atoms with Crippen LogP contribution in [0.15, 0.2) is 60.7 Å². The van der Waals surface area contributed by atoms with Gasteiger partial charge in [0.2, 0.25) is 5.91 Å². The van der Waals surface area contributed by atoms with E-state index in [1.807, 2.05) is 36.4 Å². The molecule has 0 saturated heterocycles. The van der Waals surface area contributed by atoms with Crippen LogP contribution in [0.2, 0.25) is 0 Å². The van der Waals surface area contributed by atoms with E-state index in [0.29, 0.717) is 12.5 Å². The van der Waals surface area contributed by atoms with Crippen LogP contribution in [0.4, 0.5) is 0 Å². The van der Waals surface area contributed by atoms with Crippen molar-refractivity contribution in [1.29, 1.82) is 0 Å². The fraction of sp³-hybridized carbons (Fsp3) is 0.409. The molecule has 2 aromatic carbocycles. The molecule has 1 amide bonds. The Kier molecular flexibility index (Phi) is 6.19. The molecule has 0 heterocycles. The van der Waals surface area contributed by atoms with Crippen molar-refractivity contribution in [3.05, 3.63) is 71.8 Å². The first-order valence-electron chi connectivity index (χ1n) is 8.77. The van der Waals surface area contributed by atoms with Gasteiger partial charge in [-0.25, -0.2) is 0 Å². The van der Waals surface area contributed by atoms with Crippen LogP contribution in [0.1, 0.15) is 38.8 Å². The molecule has 2 aromatic rings. The van der Waals surface area contributed by atoms with Crippen LogP contribution in [0, 0.1) is 11.8 Å². The first kappa shape index (κ1) is 18.3. The molecule has 0 spiro atoms. The van der Waals surface area contributed by atoms with Gasteiger partial charge in [0.25, 0.3) is 0 Å². The normalized spacial score (nSPS) is 12.9. The third-order valence-corrected chi connectivity index (χ3v) is 4.70. The zero-order valence-electron chi connectivity index (χ0n) is 15.3. The lowest BCUT2D eigenvalue weighted by Crippen LogP contribution is -2.41. The van der Waals surface area contributed by atoms with Gasteiger partial charge in [-0.15, -0.1) is 0 Å². The Bertz CT molecular complexity index is 632. The molecule has 0 fully saturated rings. The monoisotopic (exact) mass is 323 g/mol. The standard InChI is InChI=1S/C22H29NO/c1-17(2)20(15-18-11-7-5-8-12-18)21(24)23-16-22(3,4)19-13-9-6-10-14-19/h5-14,17,20H,15-16H2,1-4H3,(H,23,24). The minimum Gasteiger partial charge on any atom is -0.355 e. The molecule has 2 nitrogen and oxygen atoms in total. The summed E-state index contributed by atoms with van der Waals surface area (Å²) in [5, 5.41) is 3.18. The fourth-order valence-electron chi connectivity index (χ4n) is 2.93. The van der Waals surface area contributed by atoms with Crippen molar-refractivity contribution >= 4 is 5.91 Å². The van der Waals surface area contributed by atoms with Crippen molar-refractivity contribution in [2.45, 2.75) is 39.5 Å². The summed E-state index contributed by atoms with van der Waals surface area (Å²) in [5.41, 5.74) is 2.38. The summed E-state index contributed by atoms with van der Waals surface area (Å²) in [7, 11) is 0. The van der Waals surface area contributed by atoms with Crippen molar-refractivity contribution in [3.63, 3.8) is 0 Å². The number of carbonyl (C=O) groups excluding carboxylic acids is 1. The van der Waals surface area contributed by atoms with Gasteiger partial charge in [0.15, 0.2) is 0 Å². The van der Waals surface area contributed by atoms with Gasteiger partial charge in [0.1, 0.15) is 0 Å². The predicted octanol–water partition coefficient (Wildman–Crippen LogP) is 4.60. The van der Waals surface area contributed by atoms with Gasteiger partial charge < -0.3 is 5.32 Å². The van der Waals surface area contributed by atoms with Crippen LogP contribution in [0.3, 0.4) is 0 Å². The maximum atomic E-state index is 12.8. The third-order valence-electron chi connectivity index (χ3n) is 4.70. The largest absolute Gasteiger partial charge is 0.355 e. The van der Waals surface area contributed by atoms with E-state index in [4.69, 9.17) is 0 Å². The minimum absolute atomic E-state index is 0.000951. The smallest absolute Gasteiger partial charge is 0.223 e. The van der Waals surface area contributed by atoms with Crippen molar-refractivity contribution in [2.24, 2.45) is 11.8 Å². The maximum Gasteiger partial charge on any atom is 0.223 e. The molecule has 0 aliphatic rings. The van der Waals surface area contributed by atoms with Gasteiger partial charge in [0.05, 0.1) is 0 Å². The average Bonchev–Trinajstić information content (AvgIpc) is 2.59. The molecule has 0 aliphatic heterocycles. The third kappa shape index (κ3) is 4.95. The average molecular weight is 323 g/mol. The second kappa shape index (κ2) is 8.14. The SMILES string of the molecule is CC(C)C(Cc1ccccc1)C(=O)NCC(C)(C)c1ccccc1. The molecule has 0 aromatic heterocycles. The van der Waals surface area contributed by atoms with E-state index in [1.165, 1.54) is 11.1 Å². The zero-order chi connectivity index (χ0) is 17.6. The molecule has 0 saturated carbocycles. The first-order valence-corrected chi connectivity index (χ1v) is 8.77. The molecule has 1 N–H and O–H groups in total. The number of hydrogen-bond acceptors (Lipinski definition) is 1. The highest BCUT2D eigenvalue weighted by atomic mass is 16.1. The summed E-state index contributed by atoms with van der Waals surface area (Å²) in [5.74, 6) is 0.460. The lowest BCUT2D eigenvalue weighted by atomic mass is 9.83. The number of hydrogen-bond donors (Lipinski definition) is 1. The molecule has 24 heavy (non-hydrogen) atoms. The highest BCUT2D eigenvalue weighted by molar-refractivity contribution is 5.79. The Morgan fingerprint density at radius 2 is 1.50 bits per heavy atom. The van der Waals surface area contributed by atoms with Gasteiger partial charge >= 0.3 is 0 Å². The summed E-state index contributed by atoms with van der Waals surface area (Å²) in [6.45, 7) is 9.23. The van der Waals surface area contributed by atoms with E-state index in [0.717, 1.165) is 6.42 Å². The molecule has 0 aliphatic carbocycles. The van der Waals surface area contributed by atoms with Gasteiger partial charge in [-0.1, -0.05) is 88.4 Å². The first-order chi connectivity index (χ1) is 11.4. The van der Waals surface area contributed by atoms with Crippen molar-refractivity contribution < 1.29 is 4.79 Å². The fourth-order valence-corrected chi connectivity index (χ4v) is 2.93. The Labute approximate surface area is 146 Å². The maximum absolute atomic E-state index is 12.8. The summed E-state index contributed by atoms with van der Waals surface area (Å²) >= 11 is 0. The number of carbonyl (C=O) groups is 1. The molecule has 1 unspecified atom stereocenters. The molecule has 128 valence electrons. The lowest BCUT2D eigenvalue weighted by Gasteiger charge is -2.28. The summed E-state index contributed by atoms with van der Waals surface area (Å²) in [6, 6.07) is 20.6. The van der Waals surface area contributed by atoms with E-state index in [9.17, 15) is 4.79 Å². The summed E-state index contributed by atoms with van der Waals surface area (Å²) in [4.78, 5) is 12.8. The number of rotatable bonds is 7. The van der Waals surface area contributed by atoms with E-state index in [1.54, 1.807) is 0 Å². The molecule has 1 atom stereocenters. The quantitative estimate of drug-likeness (QED) is 0.793. The van der Waals surface area contributed by atoms with E-state index in [-0.39, 0.29) is 17.2 Å². The van der Waals surface area contributed by atoms with Gasteiger partial charge in [-0.05, 0) is 23.5 Å². The second-order valence-electron chi connectivity index (χ2n) is 7.51. The molecule has 0 radical (unpaired) electrons. The van der Waals surface area contributed by atoms with E-state index < -0.39 is 0 Å². The molecule has 2 rings (SSSR count). The molecule has 0 bridgehead atoms. The van der Waals surface area contributed by atoms with Crippen LogP contribution >= 0.6 is 0 Å². The van der Waals surface area contributed by atoms with Crippen LogP contribution in [-0.2, 0) is 16.6 Å². The van der Waals surface area contributed by atoms with Crippen molar-refractivity contribution in [1.82, 2.24) is 5.32 Å². The number of benzene rings is 2. The van der Waals surface area contributed by atoms with Crippen LogP contribution < -0.4 is 5.32 Å². The van der Waals surface area contributed by atoms with Crippen LogP contribution in [-0.4, -0.2) is 12.5 Å². The molecule has 2 heteroatoms. The highest BCUT2D eigenvalue weighted by Crippen LogP contribution is 2.23. The Hall–Kier alpha value is -2.09. The van der Waals surface area contributed by atoms with Crippen molar-refractivity contribution in [3.8, 4) is 0 Å².